The molecule has 1 saturated carbocycles. The molecule has 1 aromatic rings. The third-order valence-electron chi connectivity index (χ3n) is 3.42. The lowest BCUT2D eigenvalue weighted by Gasteiger charge is -2.28. The van der Waals surface area contributed by atoms with Gasteiger partial charge in [-0.2, -0.15) is 0 Å². The van der Waals surface area contributed by atoms with Crippen LogP contribution in [-0.2, 0) is 0 Å². The SMILES string of the molecule is N/C(=N/O)C1(NC(=O)c2cccc(=O)[nH]2)CCCC1. The van der Waals surface area contributed by atoms with Gasteiger partial charge in [-0.3, -0.25) is 9.59 Å². The number of hydrogen-bond donors (Lipinski definition) is 4. The monoisotopic (exact) mass is 264 g/mol. The summed E-state index contributed by atoms with van der Waals surface area (Å²) < 4.78 is 0. The average molecular weight is 264 g/mol. The van der Waals surface area contributed by atoms with Gasteiger partial charge in [-0.15, -0.1) is 0 Å². The summed E-state index contributed by atoms with van der Waals surface area (Å²) in [6.07, 6.45) is 3.01. The Morgan fingerprint density at radius 1 is 1.42 bits per heavy atom. The highest BCUT2D eigenvalue weighted by atomic mass is 16.4. The molecule has 0 aromatic carbocycles. The number of aromatic nitrogens is 1. The predicted molar refractivity (Wildman–Crippen MR) is 69.1 cm³/mol. The molecule has 5 N–H and O–H groups in total. The second-order valence-electron chi connectivity index (χ2n) is 4.66. The molecular weight excluding hydrogens is 248 g/mol. The molecule has 0 bridgehead atoms. The molecule has 7 nitrogen and oxygen atoms in total. The number of nitrogens with one attached hydrogen (secondary N) is 2. The lowest BCUT2D eigenvalue weighted by molar-refractivity contribution is 0.0917. The molecule has 1 amide bonds. The van der Waals surface area contributed by atoms with Crippen molar-refractivity contribution in [1.82, 2.24) is 10.3 Å². The molecule has 0 radical (unpaired) electrons. The molecule has 0 unspecified atom stereocenters. The van der Waals surface area contributed by atoms with Gasteiger partial charge >= 0.3 is 0 Å². The van der Waals surface area contributed by atoms with Crippen LogP contribution in [0, 0.1) is 0 Å². The van der Waals surface area contributed by atoms with Crippen LogP contribution < -0.4 is 16.6 Å². The van der Waals surface area contributed by atoms with Crippen LogP contribution in [0.15, 0.2) is 28.1 Å². The third-order valence-corrected chi connectivity index (χ3v) is 3.42. The molecule has 1 aliphatic carbocycles. The summed E-state index contributed by atoms with van der Waals surface area (Å²) in [6.45, 7) is 0. The van der Waals surface area contributed by atoms with Crippen LogP contribution >= 0.6 is 0 Å². The Labute approximate surface area is 109 Å². The number of nitrogens with zero attached hydrogens (tertiary/aromatic N) is 1. The Morgan fingerprint density at radius 3 is 2.68 bits per heavy atom. The predicted octanol–water partition coefficient (Wildman–Crippen LogP) is 0.164. The van der Waals surface area contributed by atoms with E-state index in [-0.39, 0.29) is 17.1 Å². The van der Waals surface area contributed by atoms with Crippen LogP contribution in [0.5, 0.6) is 0 Å². The minimum atomic E-state index is -0.821. The van der Waals surface area contributed by atoms with Gasteiger partial charge in [0.1, 0.15) is 11.2 Å². The Hall–Kier alpha value is -2.31. The normalized spacial score (nSPS) is 18.2. The largest absolute Gasteiger partial charge is 0.409 e. The fourth-order valence-electron chi connectivity index (χ4n) is 2.38. The van der Waals surface area contributed by atoms with Crippen LogP contribution in [0.4, 0.5) is 0 Å². The van der Waals surface area contributed by atoms with E-state index in [9.17, 15) is 9.59 Å². The van der Waals surface area contributed by atoms with Gasteiger partial charge in [-0.05, 0) is 18.9 Å². The van der Waals surface area contributed by atoms with Crippen molar-refractivity contribution in [2.45, 2.75) is 31.2 Å². The van der Waals surface area contributed by atoms with Crippen molar-refractivity contribution in [2.24, 2.45) is 10.9 Å². The summed E-state index contributed by atoms with van der Waals surface area (Å²) in [5.74, 6) is -0.442. The molecular formula is C12H16N4O3. The molecule has 102 valence electrons. The van der Waals surface area contributed by atoms with Crippen molar-refractivity contribution in [3.05, 3.63) is 34.2 Å². The molecule has 19 heavy (non-hydrogen) atoms. The summed E-state index contributed by atoms with van der Waals surface area (Å²) in [6, 6.07) is 4.33. The maximum absolute atomic E-state index is 12.1. The minimum Gasteiger partial charge on any atom is -0.409 e. The van der Waals surface area contributed by atoms with Crippen LogP contribution in [0.25, 0.3) is 0 Å². The van der Waals surface area contributed by atoms with Gasteiger partial charge in [-0.25, -0.2) is 0 Å². The van der Waals surface area contributed by atoms with E-state index >= 15 is 0 Å². The van der Waals surface area contributed by atoms with Crippen LogP contribution in [0.1, 0.15) is 36.2 Å². The molecule has 0 aliphatic heterocycles. The highest BCUT2D eigenvalue weighted by Gasteiger charge is 2.40. The third kappa shape index (κ3) is 2.59. The molecule has 1 aromatic heterocycles. The zero-order valence-electron chi connectivity index (χ0n) is 10.3. The number of aromatic amines is 1. The average Bonchev–Trinajstić information content (AvgIpc) is 2.87. The molecule has 1 heterocycles. The number of carbonyl (C=O) groups excluding carboxylic acids is 1. The van der Waals surface area contributed by atoms with E-state index in [0.29, 0.717) is 12.8 Å². The molecule has 7 heteroatoms. The number of carbonyl (C=O) groups is 1. The number of amidine groups is 1. The van der Waals surface area contributed by atoms with E-state index in [4.69, 9.17) is 10.9 Å². The van der Waals surface area contributed by atoms with Crippen molar-refractivity contribution >= 4 is 11.7 Å². The van der Waals surface area contributed by atoms with Gasteiger partial charge < -0.3 is 21.2 Å². The van der Waals surface area contributed by atoms with E-state index in [0.717, 1.165) is 12.8 Å². The number of rotatable bonds is 3. The highest BCUT2D eigenvalue weighted by molar-refractivity contribution is 5.99. The Kier molecular flexibility index (Phi) is 3.55. The summed E-state index contributed by atoms with van der Waals surface area (Å²) in [5.41, 5.74) is 4.67. The number of H-pyrrole nitrogens is 1. The van der Waals surface area contributed by atoms with Gasteiger partial charge in [0, 0.05) is 6.07 Å². The Balaban J connectivity index is 2.23. The van der Waals surface area contributed by atoms with Crippen molar-refractivity contribution in [3.8, 4) is 0 Å². The molecule has 1 aliphatic rings. The number of hydrogen-bond acceptors (Lipinski definition) is 4. The smallest absolute Gasteiger partial charge is 0.268 e. The van der Waals surface area contributed by atoms with Crippen molar-refractivity contribution in [3.63, 3.8) is 0 Å². The van der Waals surface area contributed by atoms with E-state index in [1.54, 1.807) is 0 Å². The van der Waals surface area contributed by atoms with E-state index in [2.05, 4.69) is 15.5 Å². The number of amides is 1. The topological polar surface area (TPSA) is 121 Å². The van der Waals surface area contributed by atoms with Crippen molar-refractivity contribution < 1.29 is 10.0 Å². The molecule has 1 fully saturated rings. The number of pyridine rings is 1. The van der Waals surface area contributed by atoms with Gasteiger partial charge in [-0.1, -0.05) is 24.1 Å². The Bertz CT molecular complexity index is 558. The number of oxime groups is 1. The minimum absolute atomic E-state index is 0.00312. The second-order valence-corrected chi connectivity index (χ2v) is 4.66. The van der Waals surface area contributed by atoms with Crippen molar-refractivity contribution in [1.29, 1.82) is 0 Å². The maximum Gasteiger partial charge on any atom is 0.268 e. The van der Waals surface area contributed by atoms with E-state index < -0.39 is 11.4 Å². The van der Waals surface area contributed by atoms with Crippen LogP contribution in [-0.4, -0.2) is 27.5 Å². The zero-order valence-corrected chi connectivity index (χ0v) is 10.3. The van der Waals surface area contributed by atoms with Gasteiger partial charge in [0.15, 0.2) is 5.84 Å². The first-order chi connectivity index (χ1) is 9.07. The number of nitrogens with two attached hydrogens (primary N) is 1. The van der Waals surface area contributed by atoms with E-state index in [1.807, 2.05) is 0 Å². The quantitative estimate of drug-likeness (QED) is 0.269. The summed E-state index contributed by atoms with van der Waals surface area (Å²) in [5, 5.41) is 14.6. The lowest BCUT2D eigenvalue weighted by Crippen LogP contribution is -2.56. The molecule has 0 atom stereocenters. The summed E-state index contributed by atoms with van der Waals surface area (Å²) >= 11 is 0. The molecule has 0 spiro atoms. The fraction of sp³-hybridized carbons (Fsp3) is 0.417. The van der Waals surface area contributed by atoms with Crippen LogP contribution in [0.3, 0.4) is 0 Å². The summed E-state index contributed by atoms with van der Waals surface area (Å²) in [4.78, 5) is 25.7. The molecule has 2 rings (SSSR count). The first kappa shape index (κ1) is 13.1. The lowest BCUT2D eigenvalue weighted by atomic mass is 9.96. The first-order valence-electron chi connectivity index (χ1n) is 6.07. The Morgan fingerprint density at radius 2 is 2.11 bits per heavy atom. The zero-order chi connectivity index (χ0) is 13.9. The van der Waals surface area contributed by atoms with E-state index in [1.165, 1.54) is 18.2 Å². The fourth-order valence-corrected chi connectivity index (χ4v) is 2.38. The van der Waals surface area contributed by atoms with Gasteiger partial charge in [0.05, 0.1) is 0 Å². The standard InChI is InChI=1S/C12H16N4O3/c13-11(16-19)12(6-1-2-7-12)15-10(18)8-4-3-5-9(17)14-8/h3-5,19H,1-2,6-7H2,(H2,13,16)(H,14,17)(H,15,18). The highest BCUT2D eigenvalue weighted by Crippen LogP contribution is 2.30. The molecule has 0 saturated heterocycles. The first-order valence-corrected chi connectivity index (χ1v) is 6.07. The van der Waals surface area contributed by atoms with Gasteiger partial charge in [0.2, 0.25) is 5.56 Å². The maximum atomic E-state index is 12.1. The van der Waals surface area contributed by atoms with Gasteiger partial charge in [0.25, 0.3) is 5.91 Å². The van der Waals surface area contributed by atoms with Crippen molar-refractivity contribution in [2.75, 3.05) is 0 Å². The summed E-state index contributed by atoms with van der Waals surface area (Å²) in [7, 11) is 0. The second kappa shape index (κ2) is 5.13. The van der Waals surface area contributed by atoms with Crippen LogP contribution in [0.2, 0.25) is 0 Å².